The highest BCUT2D eigenvalue weighted by Crippen LogP contribution is 2.13. The van der Waals surface area contributed by atoms with Gasteiger partial charge in [0.2, 0.25) is 0 Å². The molecule has 0 amide bonds. The highest BCUT2D eigenvalue weighted by atomic mass is 16.5. The minimum absolute atomic E-state index is 0.343. The predicted molar refractivity (Wildman–Crippen MR) is 57.8 cm³/mol. The van der Waals surface area contributed by atoms with Crippen molar-refractivity contribution in [3.8, 4) is 0 Å². The molecule has 0 fully saturated rings. The van der Waals surface area contributed by atoms with Crippen LogP contribution in [0.2, 0.25) is 0 Å². The molecule has 1 rings (SSSR count). The number of rotatable bonds is 3. The SMILES string of the molecule is COC(=O)c1ccc(CC(C)(C)O)cc1. The van der Waals surface area contributed by atoms with E-state index in [0.717, 1.165) is 5.56 Å². The van der Waals surface area contributed by atoms with Gasteiger partial charge in [-0.25, -0.2) is 4.79 Å². The molecule has 82 valence electrons. The van der Waals surface area contributed by atoms with E-state index < -0.39 is 5.60 Å². The van der Waals surface area contributed by atoms with Gasteiger partial charge in [0.15, 0.2) is 0 Å². The van der Waals surface area contributed by atoms with Gasteiger partial charge in [0.05, 0.1) is 18.3 Å². The molecule has 1 aromatic rings. The number of methoxy groups -OCH3 is 1. The molecule has 1 N–H and O–H groups in total. The molecule has 0 saturated heterocycles. The molecule has 0 aliphatic carbocycles. The van der Waals surface area contributed by atoms with Crippen molar-refractivity contribution in [3.63, 3.8) is 0 Å². The molecule has 0 bridgehead atoms. The monoisotopic (exact) mass is 208 g/mol. The van der Waals surface area contributed by atoms with E-state index in [9.17, 15) is 9.90 Å². The first-order valence-corrected chi connectivity index (χ1v) is 4.82. The number of carbonyl (C=O) groups is 1. The summed E-state index contributed by atoms with van der Waals surface area (Å²) in [6.45, 7) is 3.50. The first-order chi connectivity index (χ1) is 6.92. The fraction of sp³-hybridized carbons (Fsp3) is 0.417. The number of hydrogen-bond donors (Lipinski definition) is 1. The number of benzene rings is 1. The van der Waals surface area contributed by atoms with Crippen molar-refractivity contribution < 1.29 is 14.6 Å². The first-order valence-electron chi connectivity index (χ1n) is 4.82. The molecule has 0 aliphatic rings. The number of hydrogen-bond acceptors (Lipinski definition) is 3. The quantitative estimate of drug-likeness (QED) is 0.770. The Morgan fingerprint density at radius 3 is 2.27 bits per heavy atom. The van der Waals surface area contributed by atoms with Gasteiger partial charge in [-0.05, 0) is 31.5 Å². The molecule has 3 heteroatoms. The summed E-state index contributed by atoms with van der Waals surface area (Å²) in [6.07, 6.45) is 0.564. The summed E-state index contributed by atoms with van der Waals surface area (Å²) in [5.74, 6) is -0.343. The lowest BCUT2D eigenvalue weighted by Gasteiger charge is -2.16. The van der Waals surface area contributed by atoms with Crippen LogP contribution >= 0.6 is 0 Å². The molecule has 1 aromatic carbocycles. The Bertz CT molecular complexity index is 333. The molecule has 0 saturated carbocycles. The maximum Gasteiger partial charge on any atom is 0.337 e. The van der Waals surface area contributed by atoms with Crippen LogP contribution < -0.4 is 0 Å². The van der Waals surface area contributed by atoms with E-state index in [0.29, 0.717) is 12.0 Å². The average molecular weight is 208 g/mol. The second kappa shape index (κ2) is 4.45. The maximum absolute atomic E-state index is 11.1. The molecule has 0 radical (unpaired) electrons. The third kappa shape index (κ3) is 3.72. The minimum Gasteiger partial charge on any atom is -0.465 e. The van der Waals surface area contributed by atoms with Crippen LogP contribution in [0.1, 0.15) is 29.8 Å². The molecule has 15 heavy (non-hydrogen) atoms. The van der Waals surface area contributed by atoms with Crippen molar-refractivity contribution in [2.75, 3.05) is 7.11 Å². The zero-order chi connectivity index (χ0) is 11.5. The van der Waals surface area contributed by atoms with Crippen LogP contribution in [0.3, 0.4) is 0 Å². The van der Waals surface area contributed by atoms with E-state index in [4.69, 9.17) is 0 Å². The summed E-state index contributed by atoms with van der Waals surface area (Å²) in [6, 6.07) is 7.05. The fourth-order valence-electron chi connectivity index (χ4n) is 1.38. The van der Waals surface area contributed by atoms with E-state index in [2.05, 4.69) is 4.74 Å². The lowest BCUT2D eigenvalue weighted by Crippen LogP contribution is -2.21. The molecule has 0 heterocycles. The molecule has 0 spiro atoms. The van der Waals surface area contributed by atoms with Crippen molar-refractivity contribution >= 4 is 5.97 Å². The van der Waals surface area contributed by atoms with Crippen molar-refractivity contribution in [1.82, 2.24) is 0 Å². The Morgan fingerprint density at radius 2 is 1.87 bits per heavy atom. The Hall–Kier alpha value is -1.35. The fourth-order valence-corrected chi connectivity index (χ4v) is 1.38. The predicted octanol–water partition coefficient (Wildman–Crippen LogP) is 1.79. The minimum atomic E-state index is -0.729. The highest BCUT2D eigenvalue weighted by Gasteiger charge is 2.13. The van der Waals surface area contributed by atoms with Gasteiger partial charge in [-0.3, -0.25) is 0 Å². The van der Waals surface area contributed by atoms with Crippen LogP contribution in [0.4, 0.5) is 0 Å². The number of esters is 1. The van der Waals surface area contributed by atoms with Gasteiger partial charge in [-0.1, -0.05) is 12.1 Å². The lowest BCUT2D eigenvalue weighted by atomic mass is 9.98. The summed E-state index contributed by atoms with van der Waals surface area (Å²) < 4.78 is 4.59. The van der Waals surface area contributed by atoms with E-state index >= 15 is 0 Å². The van der Waals surface area contributed by atoms with Gasteiger partial charge in [-0.15, -0.1) is 0 Å². The average Bonchev–Trinajstić information content (AvgIpc) is 2.15. The largest absolute Gasteiger partial charge is 0.465 e. The maximum atomic E-state index is 11.1. The molecule has 0 atom stereocenters. The highest BCUT2D eigenvalue weighted by molar-refractivity contribution is 5.89. The molecule has 0 unspecified atom stereocenters. The van der Waals surface area contributed by atoms with E-state index in [1.54, 1.807) is 26.0 Å². The molecule has 3 nitrogen and oxygen atoms in total. The number of carbonyl (C=O) groups excluding carboxylic acids is 1. The summed E-state index contributed by atoms with van der Waals surface area (Å²) in [5, 5.41) is 9.60. The third-order valence-corrected chi connectivity index (χ3v) is 2.01. The van der Waals surface area contributed by atoms with Crippen LogP contribution in [0.5, 0.6) is 0 Å². The van der Waals surface area contributed by atoms with Crippen molar-refractivity contribution in [3.05, 3.63) is 35.4 Å². The smallest absolute Gasteiger partial charge is 0.337 e. The summed E-state index contributed by atoms with van der Waals surface area (Å²) in [5.41, 5.74) is 0.791. The van der Waals surface area contributed by atoms with E-state index in [1.807, 2.05) is 12.1 Å². The molecule has 0 aromatic heterocycles. The van der Waals surface area contributed by atoms with E-state index in [1.165, 1.54) is 7.11 Å². The van der Waals surface area contributed by atoms with E-state index in [-0.39, 0.29) is 5.97 Å². The second-order valence-electron chi connectivity index (χ2n) is 4.18. The normalized spacial score (nSPS) is 11.2. The lowest BCUT2D eigenvalue weighted by molar-refractivity contribution is 0.0600. The van der Waals surface area contributed by atoms with Crippen molar-refractivity contribution in [2.45, 2.75) is 25.9 Å². The number of ether oxygens (including phenoxy) is 1. The van der Waals surface area contributed by atoms with Crippen molar-refractivity contribution in [1.29, 1.82) is 0 Å². The van der Waals surface area contributed by atoms with Crippen LogP contribution in [0.15, 0.2) is 24.3 Å². The van der Waals surface area contributed by atoms with Crippen LogP contribution in [-0.4, -0.2) is 23.8 Å². The van der Waals surface area contributed by atoms with Gasteiger partial charge in [0.25, 0.3) is 0 Å². The molecule has 0 aliphatic heterocycles. The Kier molecular flexibility index (Phi) is 3.48. The number of aliphatic hydroxyl groups is 1. The topological polar surface area (TPSA) is 46.5 Å². The van der Waals surface area contributed by atoms with Crippen LogP contribution in [0, 0.1) is 0 Å². The Morgan fingerprint density at radius 1 is 1.33 bits per heavy atom. The van der Waals surface area contributed by atoms with Gasteiger partial charge in [-0.2, -0.15) is 0 Å². The van der Waals surface area contributed by atoms with Gasteiger partial charge in [0.1, 0.15) is 0 Å². The standard InChI is InChI=1S/C12H16O3/c1-12(2,14)8-9-4-6-10(7-5-9)11(13)15-3/h4-7,14H,8H2,1-3H3. The second-order valence-corrected chi connectivity index (χ2v) is 4.18. The molecular weight excluding hydrogens is 192 g/mol. The van der Waals surface area contributed by atoms with Crippen molar-refractivity contribution in [2.24, 2.45) is 0 Å². The summed E-state index contributed by atoms with van der Waals surface area (Å²) in [7, 11) is 1.35. The summed E-state index contributed by atoms with van der Waals surface area (Å²) >= 11 is 0. The third-order valence-electron chi connectivity index (χ3n) is 2.01. The first kappa shape index (κ1) is 11.7. The Balaban J connectivity index is 2.77. The van der Waals surface area contributed by atoms with Crippen LogP contribution in [-0.2, 0) is 11.2 Å². The summed E-state index contributed by atoms with van der Waals surface area (Å²) in [4.78, 5) is 11.1. The van der Waals surface area contributed by atoms with Gasteiger partial charge in [0, 0.05) is 6.42 Å². The Labute approximate surface area is 89.7 Å². The van der Waals surface area contributed by atoms with Crippen LogP contribution in [0.25, 0.3) is 0 Å². The zero-order valence-electron chi connectivity index (χ0n) is 9.28. The molecular formula is C12H16O3. The zero-order valence-corrected chi connectivity index (χ0v) is 9.28. The van der Waals surface area contributed by atoms with Gasteiger partial charge >= 0.3 is 5.97 Å². The van der Waals surface area contributed by atoms with Gasteiger partial charge < -0.3 is 9.84 Å².